The van der Waals surface area contributed by atoms with Gasteiger partial charge in [0.05, 0.1) is 24.7 Å². The van der Waals surface area contributed by atoms with Crippen molar-refractivity contribution < 1.29 is 24.1 Å². The summed E-state index contributed by atoms with van der Waals surface area (Å²) in [6, 6.07) is 11.1. The Balaban J connectivity index is 1.60. The van der Waals surface area contributed by atoms with Gasteiger partial charge in [-0.3, -0.25) is 4.79 Å². The number of hydrogen-bond donors (Lipinski definition) is 1. The van der Waals surface area contributed by atoms with E-state index in [0.29, 0.717) is 36.3 Å². The van der Waals surface area contributed by atoms with Gasteiger partial charge in [0.25, 0.3) is 0 Å². The van der Waals surface area contributed by atoms with Crippen molar-refractivity contribution in [1.82, 2.24) is 0 Å². The van der Waals surface area contributed by atoms with E-state index in [2.05, 4.69) is 6.92 Å². The maximum absolute atomic E-state index is 10.9. The second-order valence-corrected chi connectivity index (χ2v) is 6.96. The lowest BCUT2D eigenvalue weighted by Crippen LogP contribution is -2.07. The van der Waals surface area contributed by atoms with Crippen molar-refractivity contribution >= 4 is 17.6 Å². The molecule has 1 unspecified atom stereocenters. The van der Waals surface area contributed by atoms with Gasteiger partial charge in [-0.15, -0.1) is 0 Å². The topological polar surface area (TPSA) is 65.0 Å². The lowest BCUT2D eigenvalue weighted by molar-refractivity contribution is -0.137. The number of rotatable bonds is 9. The van der Waals surface area contributed by atoms with E-state index in [1.165, 1.54) is 0 Å². The Hall–Kier alpha value is -2.40. The molecule has 5 nitrogen and oxygen atoms in total. The molecule has 0 aromatic heterocycles. The fourth-order valence-corrected chi connectivity index (χ4v) is 3.18. The number of unbranched alkanes of at least 4 members (excludes halogenated alkanes) is 1. The Labute approximate surface area is 163 Å². The highest BCUT2D eigenvalue weighted by atomic mass is 35.5. The van der Waals surface area contributed by atoms with E-state index in [9.17, 15) is 4.79 Å². The first-order valence-electron chi connectivity index (χ1n) is 9.09. The molecular formula is C21H23ClO5. The summed E-state index contributed by atoms with van der Waals surface area (Å²) >= 11 is 6.33. The van der Waals surface area contributed by atoms with Crippen LogP contribution in [0, 0.1) is 0 Å². The summed E-state index contributed by atoms with van der Waals surface area (Å²) < 4.78 is 17.1. The smallest absolute Gasteiger partial charge is 0.304 e. The second-order valence-electron chi connectivity index (χ2n) is 6.55. The number of benzene rings is 2. The Morgan fingerprint density at radius 2 is 2.00 bits per heavy atom. The van der Waals surface area contributed by atoms with Crippen molar-refractivity contribution in [3.63, 3.8) is 0 Å². The van der Waals surface area contributed by atoms with Crippen molar-refractivity contribution in [3.8, 4) is 17.2 Å². The summed E-state index contributed by atoms with van der Waals surface area (Å²) in [5, 5.41) is 9.57. The molecule has 1 heterocycles. The quantitative estimate of drug-likeness (QED) is 0.607. The van der Waals surface area contributed by atoms with E-state index >= 15 is 0 Å². The molecule has 1 aliphatic heterocycles. The van der Waals surface area contributed by atoms with Crippen LogP contribution in [0.3, 0.4) is 0 Å². The molecule has 0 spiro atoms. The van der Waals surface area contributed by atoms with Crippen molar-refractivity contribution in [2.75, 3.05) is 13.2 Å². The van der Waals surface area contributed by atoms with Gasteiger partial charge in [0.2, 0.25) is 0 Å². The van der Waals surface area contributed by atoms with Crippen molar-refractivity contribution in [2.24, 2.45) is 0 Å². The van der Waals surface area contributed by atoms with Crippen LogP contribution < -0.4 is 14.2 Å². The van der Waals surface area contributed by atoms with Gasteiger partial charge < -0.3 is 19.3 Å². The summed E-state index contributed by atoms with van der Waals surface area (Å²) in [5.74, 6) is 1.16. The predicted octanol–water partition coefficient (Wildman–Crippen LogP) is 5.05. The second kappa shape index (κ2) is 9.00. The number of carboxylic acid groups (broad SMARTS) is 1. The Morgan fingerprint density at radius 1 is 1.22 bits per heavy atom. The first-order valence-corrected chi connectivity index (χ1v) is 9.47. The first-order chi connectivity index (χ1) is 13.1. The molecule has 0 aliphatic carbocycles. The van der Waals surface area contributed by atoms with Gasteiger partial charge in [-0.05, 0) is 24.6 Å². The third-order valence-corrected chi connectivity index (χ3v) is 4.82. The maximum atomic E-state index is 10.9. The minimum absolute atomic E-state index is 0.0650. The largest absolute Gasteiger partial charge is 0.494 e. The Morgan fingerprint density at radius 3 is 2.74 bits per heavy atom. The molecule has 1 aliphatic rings. The van der Waals surface area contributed by atoms with Crippen LogP contribution in [0.4, 0.5) is 0 Å². The zero-order valence-electron chi connectivity index (χ0n) is 15.2. The number of ether oxygens (including phenoxy) is 3. The molecular weight excluding hydrogens is 368 g/mol. The van der Waals surface area contributed by atoms with Crippen LogP contribution >= 0.6 is 11.6 Å². The van der Waals surface area contributed by atoms with Crippen LogP contribution in [0.2, 0.25) is 5.02 Å². The SMILES string of the molecule is CCCCOc1ccc(COc2ccc3c(c2)OCC3CC(=O)O)c(Cl)c1. The monoisotopic (exact) mass is 390 g/mol. The summed E-state index contributed by atoms with van der Waals surface area (Å²) in [7, 11) is 0. The van der Waals surface area contributed by atoms with Crippen molar-refractivity contribution in [2.45, 2.75) is 38.7 Å². The van der Waals surface area contributed by atoms with Crippen LogP contribution in [-0.4, -0.2) is 24.3 Å². The minimum Gasteiger partial charge on any atom is -0.494 e. The molecule has 0 radical (unpaired) electrons. The van der Waals surface area contributed by atoms with Gasteiger partial charge in [-0.1, -0.05) is 37.1 Å². The van der Waals surface area contributed by atoms with Crippen LogP contribution in [0.25, 0.3) is 0 Å². The third kappa shape index (κ3) is 5.07. The fraction of sp³-hybridized carbons (Fsp3) is 0.381. The van der Waals surface area contributed by atoms with E-state index in [-0.39, 0.29) is 12.3 Å². The van der Waals surface area contributed by atoms with Gasteiger partial charge in [0, 0.05) is 23.1 Å². The van der Waals surface area contributed by atoms with Gasteiger partial charge in [0.15, 0.2) is 0 Å². The summed E-state index contributed by atoms with van der Waals surface area (Å²) in [6.07, 6.45) is 2.16. The number of fused-ring (bicyclic) bond motifs is 1. The van der Waals surface area contributed by atoms with Gasteiger partial charge >= 0.3 is 5.97 Å². The molecule has 0 amide bonds. The van der Waals surface area contributed by atoms with E-state index in [1.807, 2.05) is 24.3 Å². The average Bonchev–Trinajstić information content (AvgIpc) is 3.03. The molecule has 0 bridgehead atoms. The van der Waals surface area contributed by atoms with Gasteiger partial charge in [0.1, 0.15) is 23.9 Å². The molecule has 144 valence electrons. The molecule has 0 saturated heterocycles. The molecule has 2 aromatic carbocycles. The first kappa shape index (κ1) is 19.4. The predicted molar refractivity (Wildman–Crippen MR) is 103 cm³/mol. The standard InChI is InChI=1S/C21H23ClO5/c1-2-3-8-25-16-5-4-14(19(22)10-16)12-26-17-6-7-18-15(9-21(23)24)13-27-20(18)11-17/h4-7,10-11,15H,2-3,8-9,12-13H2,1H3,(H,23,24). The molecule has 6 heteroatoms. The molecule has 27 heavy (non-hydrogen) atoms. The number of carbonyl (C=O) groups is 1. The molecule has 2 aromatic rings. The average molecular weight is 391 g/mol. The highest BCUT2D eigenvalue weighted by molar-refractivity contribution is 6.31. The Bertz CT molecular complexity index is 805. The maximum Gasteiger partial charge on any atom is 0.304 e. The van der Waals surface area contributed by atoms with Crippen LogP contribution in [0.1, 0.15) is 43.2 Å². The number of carboxylic acids is 1. The van der Waals surface area contributed by atoms with Crippen LogP contribution in [-0.2, 0) is 11.4 Å². The highest BCUT2D eigenvalue weighted by Gasteiger charge is 2.26. The summed E-state index contributed by atoms with van der Waals surface area (Å²) in [4.78, 5) is 10.9. The van der Waals surface area contributed by atoms with E-state index in [0.717, 1.165) is 29.7 Å². The zero-order valence-corrected chi connectivity index (χ0v) is 16.0. The van der Waals surface area contributed by atoms with E-state index in [1.54, 1.807) is 12.1 Å². The molecule has 0 fully saturated rings. The van der Waals surface area contributed by atoms with Gasteiger partial charge in [-0.25, -0.2) is 0 Å². The van der Waals surface area contributed by atoms with Crippen LogP contribution in [0.15, 0.2) is 36.4 Å². The van der Waals surface area contributed by atoms with Crippen molar-refractivity contribution in [1.29, 1.82) is 0 Å². The number of hydrogen-bond acceptors (Lipinski definition) is 4. The lowest BCUT2D eigenvalue weighted by Gasteiger charge is -2.11. The molecule has 1 N–H and O–H groups in total. The van der Waals surface area contributed by atoms with E-state index < -0.39 is 5.97 Å². The minimum atomic E-state index is -0.825. The molecule has 0 saturated carbocycles. The van der Waals surface area contributed by atoms with E-state index in [4.69, 9.17) is 30.9 Å². The summed E-state index contributed by atoms with van der Waals surface area (Å²) in [6.45, 7) is 3.51. The Kier molecular flexibility index (Phi) is 6.45. The highest BCUT2D eigenvalue weighted by Crippen LogP contribution is 2.38. The third-order valence-electron chi connectivity index (χ3n) is 4.47. The molecule has 1 atom stereocenters. The van der Waals surface area contributed by atoms with Gasteiger partial charge in [-0.2, -0.15) is 0 Å². The van der Waals surface area contributed by atoms with Crippen molar-refractivity contribution in [3.05, 3.63) is 52.5 Å². The normalized spacial score (nSPS) is 15.1. The zero-order chi connectivity index (χ0) is 19.2. The lowest BCUT2D eigenvalue weighted by atomic mass is 9.98. The summed E-state index contributed by atoms with van der Waals surface area (Å²) in [5.41, 5.74) is 1.78. The number of halogens is 1. The van der Waals surface area contributed by atoms with Crippen LogP contribution in [0.5, 0.6) is 17.2 Å². The number of aliphatic carboxylic acids is 1. The molecule has 3 rings (SSSR count). The fourth-order valence-electron chi connectivity index (χ4n) is 2.96.